The van der Waals surface area contributed by atoms with E-state index >= 15 is 0 Å². The molecule has 160 valence electrons. The Labute approximate surface area is 186 Å². The van der Waals surface area contributed by atoms with Gasteiger partial charge in [-0.15, -0.1) is 0 Å². The van der Waals surface area contributed by atoms with E-state index in [1.165, 1.54) is 17.0 Å². The van der Waals surface area contributed by atoms with E-state index in [2.05, 4.69) is 5.32 Å². The van der Waals surface area contributed by atoms with E-state index in [-0.39, 0.29) is 30.6 Å². The maximum atomic E-state index is 13.3. The largest absolute Gasteiger partial charge is 0.350 e. The van der Waals surface area contributed by atoms with E-state index in [1.54, 1.807) is 43.3 Å². The Balaban J connectivity index is 1.74. The van der Waals surface area contributed by atoms with Crippen LogP contribution in [0.25, 0.3) is 0 Å². The minimum Gasteiger partial charge on any atom is -0.350 e. The highest BCUT2D eigenvalue weighted by Crippen LogP contribution is 2.15. The van der Waals surface area contributed by atoms with Crippen molar-refractivity contribution in [3.63, 3.8) is 0 Å². The first kappa shape index (κ1) is 22.5. The maximum absolute atomic E-state index is 13.3. The Morgan fingerprint density at radius 2 is 1.52 bits per heavy atom. The van der Waals surface area contributed by atoms with Gasteiger partial charge >= 0.3 is 0 Å². The van der Waals surface area contributed by atoms with Gasteiger partial charge in [0.2, 0.25) is 11.8 Å². The molecule has 0 aliphatic carbocycles. The smallest absolute Gasteiger partial charge is 0.242 e. The van der Waals surface area contributed by atoms with Crippen LogP contribution in [-0.4, -0.2) is 22.8 Å². The second-order valence-corrected chi connectivity index (χ2v) is 7.77. The summed E-state index contributed by atoms with van der Waals surface area (Å²) in [7, 11) is 0. The maximum Gasteiger partial charge on any atom is 0.242 e. The lowest BCUT2D eigenvalue weighted by Gasteiger charge is -2.29. The van der Waals surface area contributed by atoms with Crippen molar-refractivity contribution < 1.29 is 14.0 Å². The van der Waals surface area contributed by atoms with E-state index in [9.17, 15) is 14.0 Å². The molecule has 0 saturated heterocycles. The van der Waals surface area contributed by atoms with E-state index in [0.717, 1.165) is 16.7 Å². The fourth-order valence-corrected chi connectivity index (χ4v) is 3.31. The minimum atomic E-state index is -0.700. The highest BCUT2D eigenvalue weighted by Gasteiger charge is 2.26. The third kappa shape index (κ3) is 6.66. The zero-order chi connectivity index (χ0) is 22.2. The quantitative estimate of drug-likeness (QED) is 0.551. The number of carbonyl (C=O) groups is 2. The molecule has 0 aliphatic rings. The Kier molecular flexibility index (Phi) is 7.79. The van der Waals surface area contributed by atoms with Gasteiger partial charge in [-0.1, -0.05) is 66.2 Å². The molecule has 0 saturated carbocycles. The molecule has 3 aromatic carbocycles. The molecule has 2 amide bonds. The molecule has 0 spiro atoms. The molecule has 0 unspecified atom stereocenters. The van der Waals surface area contributed by atoms with Crippen molar-refractivity contribution in [3.8, 4) is 0 Å². The lowest BCUT2D eigenvalue weighted by Crippen LogP contribution is -2.48. The van der Waals surface area contributed by atoms with Crippen LogP contribution < -0.4 is 5.32 Å². The van der Waals surface area contributed by atoms with Crippen LogP contribution in [0.15, 0.2) is 78.9 Å². The number of hydrogen-bond donors (Lipinski definition) is 1. The molecule has 3 aromatic rings. The van der Waals surface area contributed by atoms with Crippen LogP contribution in [0.4, 0.5) is 4.39 Å². The van der Waals surface area contributed by atoms with Gasteiger partial charge in [0, 0.05) is 18.1 Å². The standard InChI is InChI=1S/C25H24ClFN2O2/c1-18(25(31)28-16-20-5-3-2-4-6-20)29(17-21-9-13-23(27)14-10-21)24(30)15-19-7-11-22(26)12-8-19/h2-14,18H,15-17H2,1H3,(H,28,31)/t18-/m1/s1. The fourth-order valence-electron chi connectivity index (χ4n) is 3.18. The van der Waals surface area contributed by atoms with Gasteiger partial charge in [0.15, 0.2) is 0 Å². The molecular weight excluding hydrogens is 415 g/mol. The van der Waals surface area contributed by atoms with Crippen LogP contribution in [0.3, 0.4) is 0 Å². The van der Waals surface area contributed by atoms with Crippen molar-refractivity contribution in [3.05, 3.63) is 106 Å². The Bertz CT molecular complexity index is 1010. The second kappa shape index (κ2) is 10.7. The molecule has 4 nitrogen and oxygen atoms in total. The van der Waals surface area contributed by atoms with Gasteiger partial charge in [0.05, 0.1) is 6.42 Å². The number of amides is 2. The van der Waals surface area contributed by atoms with Gasteiger partial charge in [-0.25, -0.2) is 4.39 Å². The number of carbonyl (C=O) groups excluding carboxylic acids is 2. The van der Waals surface area contributed by atoms with Crippen molar-refractivity contribution >= 4 is 23.4 Å². The zero-order valence-electron chi connectivity index (χ0n) is 17.2. The van der Waals surface area contributed by atoms with E-state index in [4.69, 9.17) is 11.6 Å². The predicted molar refractivity (Wildman–Crippen MR) is 120 cm³/mol. The zero-order valence-corrected chi connectivity index (χ0v) is 18.0. The van der Waals surface area contributed by atoms with Crippen LogP contribution >= 0.6 is 11.6 Å². The van der Waals surface area contributed by atoms with Crippen LogP contribution in [0.1, 0.15) is 23.6 Å². The lowest BCUT2D eigenvalue weighted by molar-refractivity contribution is -0.140. The summed E-state index contributed by atoms with van der Waals surface area (Å²) in [5.74, 6) is -0.805. The van der Waals surface area contributed by atoms with Gasteiger partial charge in [-0.05, 0) is 47.9 Å². The van der Waals surface area contributed by atoms with Crippen molar-refractivity contribution in [2.45, 2.75) is 32.5 Å². The van der Waals surface area contributed by atoms with Gasteiger partial charge in [0.25, 0.3) is 0 Å². The van der Waals surface area contributed by atoms with E-state index in [0.29, 0.717) is 11.6 Å². The second-order valence-electron chi connectivity index (χ2n) is 7.33. The number of hydrogen-bond acceptors (Lipinski definition) is 2. The van der Waals surface area contributed by atoms with Crippen molar-refractivity contribution in [2.24, 2.45) is 0 Å². The number of benzene rings is 3. The first-order valence-corrected chi connectivity index (χ1v) is 10.4. The highest BCUT2D eigenvalue weighted by atomic mass is 35.5. The molecule has 0 radical (unpaired) electrons. The molecule has 0 fully saturated rings. The molecule has 0 aromatic heterocycles. The van der Waals surface area contributed by atoms with Crippen LogP contribution in [0.5, 0.6) is 0 Å². The first-order chi connectivity index (χ1) is 14.9. The van der Waals surface area contributed by atoms with Crippen LogP contribution in [0.2, 0.25) is 5.02 Å². The summed E-state index contributed by atoms with van der Waals surface area (Å²) in [5, 5.41) is 3.48. The molecule has 0 heterocycles. The minimum absolute atomic E-state index is 0.134. The molecular formula is C25H24ClFN2O2. The van der Waals surface area contributed by atoms with Crippen molar-refractivity contribution in [1.82, 2.24) is 10.2 Å². The third-order valence-corrected chi connectivity index (χ3v) is 5.26. The van der Waals surface area contributed by atoms with Crippen LogP contribution in [-0.2, 0) is 29.1 Å². The average Bonchev–Trinajstić information content (AvgIpc) is 2.78. The average molecular weight is 439 g/mol. The van der Waals surface area contributed by atoms with Crippen LogP contribution in [0, 0.1) is 5.82 Å². The van der Waals surface area contributed by atoms with E-state index < -0.39 is 6.04 Å². The SMILES string of the molecule is C[C@H](C(=O)NCc1ccccc1)N(Cc1ccc(F)cc1)C(=O)Cc1ccc(Cl)cc1. The van der Waals surface area contributed by atoms with Gasteiger partial charge in [0.1, 0.15) is 11.9 Å². The Morgan fingerprint density at radius 3 is 2.16 bits per heavy atom. The molecule has 0 bridgehead atoms. The molecule has 0 aliphatic heterocycles. The normalized spacial score (nSPS) is 11.6. The predicted octanol–water partition coefficient (Wildman–Crippen LogP) is 4.76. The summed E-state index contributed by atoms with van der Waals surface area (Å²) in [6.07, 6.45) is 0.134. The Morgan fingerprint density at radius 1 is 0.903 bits per heavy atom. The summed E-state index contributed by atoms with van der Waals surface area (Å²) in [4.78, 5) is 27.5. The third-order valence-electron chi connectivity index (χ3n) is 5.01. The summed E-state index contributed by atoms with van der Waals surface area (Å²) in [6, 6.07) is 21.8. The summed E-state index contributed by atoms with van der Waals surface area (Å²) in [5.41, 5.74) is 2.52. The fraction of sp³-hybridized carbons (Fsp3) is 0.200. The molecule has 1 atom stereocenters. The Hall–Kier alpha value is -3.18. The highest BCUT2D eigenvalue weighted by molar-refractivity contribution is 6.30. The lowest BCUT2D eigenvalue weighted by atomic mass is 10.1. The van der Waals surface area contributed by atoms with Gasteiger partial charge < -0.3 is 10.2 Å². The number of nitrogens with zero attached hydrogens (tertiary/aromatic N) is 1. The molecule has 31 heavy (non-hydrogen) atoms. The first-order valence-electron chi connectivity index (χ1n) is 10.0. The molecule has 3 rings (SSSR count). The number of halogens is 2. The van der Waals surface area contributed by atoms with Crippen molar-refractivity contribution in [2.75, 3.05) is 0 Å². The van der Waals surface area contributed by atoms with Gasteiger partial charge in [-0.3, -0.25) is 9.59 Å². The summed E-state index contributed by atoms with van der Waals surface area (Å²) in [6.45, 7) is 2.27. The summed E-state index contributed by atoms with van der Waals surface area (Å²) < 4.78 is 13.3. The molecule has 1 N–H and O–H groups in total. The number of rotatable bonds is 8. The molecule has 6 heteroatoms. The summed E-state index contributed by atoms with van der Waals surface area (Å²) >= 11 is 5.93. The van der Waals surface area contributed by atoms with E-state index in [1.807, 2.05) is 30.3 Å². The van der Waals surface area contributed by atoms with Gasteiger partial charge in [-0.2, -0.15) is 0 Å². The topological polar surface area (TPSA) is 49.4 Å². The number of nitrogens with one attached hydrogen (secondary N) is 1. The van der Waals surface area contributed by atoms with Crippen molar-refractivity contribution in [1.29, 1.82) is 0 Å². The monoisotopic (exact) mass is 438 g/mol.